The molecule has 2 aromatic heterocycles. The van der Waals surface area contributed by atoms with Crippen molar-refractivity contribution in [2.24, 2.45) is 5.14 Å². The van der Waals surface area contributed by atoms with Gasteiger partial charge in [0, 0.05) is 42.8 Å². The fourth-order valence-corrected chi connectivity index (χ4v) is 3.54. The standard InChI is InChI=1S/C21H20N6O2S/c22-30(28,29)19-8-6-18(7-9-19)26-21-25-14-17-5-1-4-16(20(17)27-21)13-24-12-15-3-2-10-23-11-15/h1-11,14,24H,12-13H2,(H2,22,28,29)(H,25,26,27). The van der Waals surface area contributed by atoms with Gasteiger partial charge < -0.3 is 10.6 Å². The molecule has 4 rings (SSSR count). The molecule has 2 heterocycles. The molecule has 0 aliphatic rings. The zero-order valence-corrected chi connectivity index (χ0v) is 16.8. The van der Waals surface area contributed by atoms with Crippen molar-refractivity contribution in [2.75, 3.05) is 5.32 Å². The predicted molar refractivity (Wildman–Crippen MR) is 115 cm³/mol. The van der Waals surface area contributed by atoms with Crippen LogP contribution in [0, 0.1) is 0 Å². The lowest BCUT2D eigenvalue weighted by Gasteiger charge is -2.10. The van der Waals surface area contributed by atoms with Gasteiger partial charge in [-0.1, -0.05) is 24.3 Å². The van der Waals surface area contributed by atoms with Crippen molar-refractivity contribution in [3.05, 3.63) is 84.3 Å². The molecule has 0 bridgehead atoms. The van der Waals surface area contributed by atoms with Gasteiger partial charge in [0.05, 0.1) is 10.4 Å². The Hall–Kier alpha value is -3.40. The zero-order valence-electron chi connectivity index (χ0n) is 16.0. The minimum absolute atomic E-state index is 0.0504. The number of anilines is 2. The molecule has 0 amide bonds. The monoisotopic (exact) mass is 420 g/mol. The second-order valence-corrected chi connectivity index (χ2v) is 8.27. The Morgan fingerprint density at radius 3 is 2.50 bits per heavy atom. The van der Waals surface area contributed by atoms with E-state index in [9.17, 15) is 8.42 Å². The first-order chi connectivity index (χ1) is 14.5. The lowest BCUT2D eigenvalue weighted by Crippen LogP contribution is -2.13. The number of nitrogens with zero attached hydrogens (tertiary/aromatic N) is 3. The summed E-state index contributed by atoms with van der Waals surface area (Å²) in [5.74, 6) is 0.422. The summed E-state index contributed by atoms with van der Waals surface area (Å²) < 4.78 is 22.8. The first kappa shape index (κ1) is 19.9. The molecule has 4 aromatic rings. The van der Waals surface area contributed by atoms with Gasteiger partial charge in [-0.3, -0.25) is 4.98 Å². The minimum atomic E-state index is -3.73. The molecule has 0 saturated heterocycles. The highest BCUT2D eigenvalue weighted by Crippen LogP contribution is 2.20. The Bertz CT molecular complexity index is 1260. The average molecular weight is 420 g/mol. The van der Waals surface area contributed by atoms with Gasteiger partial charge in [-0.15, -0.1) is 0 Å². The molecule has 152 valence electrons. The lowest BCUT2D eigenvalue weighted by molar-refractivity contribution is 0.598. The lowest BCUT2D eigenvalue weighted by atomic mass is 10.1. The van der Waals surface area contributed by atoms with E-state index in [0.29, 0.717) is 24.7 Å². The fourth-order valence-electron chi connectivity index (χ4n) is 3.02. The number of nitrogens with two attached hydrogens (primary N) is 1. The highest BCUT2D eigenvalue weighted by atomic mass is 32.2. The Kier molecular flexibility index (Phi) is 5.66. The molecule has 0 radical (unpaired) electrons. The summed E-state index contributed by atoms with van der Waals surface area (Å²) in [7, 11) is -3.73. The molecule has 30 heavy (non-hydrogen) atoms. The van der Waals surface area contributed by atoms with E-state index in [-0.39, 0.29) is 4.90 Å². The Morgan fingerprint density at radius 2 is 1.77 bits per heavy atom. The summed E-state index contributed by atoms with van der Waals surface area (Å²) in [5.41, 5.74) is 3.66. The van der Waals surface area contributed by atoms with Crippen LogP contribution in [-0.4, -0.2) is 23.4 Å². The number of hydrogen-bond donors (Lipinski definition) is 3. The van der Waals surface area contributed by atoms with E-state index in [1.54, 1.807) is 24.5 Å². The van der Waals surface area contributed by atoms with Crippen LogP contribution in [0.2, 0.25) is 0 Å². The summed E-state index contributed by atoms with van der Waals surface area (Å²) in [6.45, 7) is 1.35. The highest BCUT2D eigenvalue weighted by molar-refractivity contribution is 7.89. The first-order valence-electron chi connectivity index (χ1n) is 9.23. The molecule has 8 nitrogen and oxygen atoms in total. The normalized spacial score (nSPS) is 11.5. The smallest absolute Gasteiger partial charge is 0.238 e. The maximum absolute atomic E-state index is 11.4. The molecular formula is C21H20N6O2S. The SMILES string of the molecule is NS(=O)(=O)c1ccc(Nc2ncc3cccc(CNCc4cccnc4)c3n2)cc1. The third-order valence-electron chi connectivity index (χ3n) is 4.50. The molecule has 0 aliphatic carbocycles. The maximum Gasteiger partial charge on any atom is 0.238 e. The van der Waals surface area contributed by atoms with Crippen LogP contribution >= 0.6 is 0 Å². The number of benzene rings is 2. The number of nitrogens with one attached hydrogen (secondary N) is 2. The summed E-state index contributed by atoms with van der Waals surface area (Å²) in [6, 6.07) is 16.0. The van der Waals surface area contributed by atoms with E-state index in [0.717, 1.165) is 22.0 Å². The van der Waals surface area contributed by atoms with Crippen LogP contribution in [0.15, 0.2) is 78.1 Å². The number of aromatic nitrogens is 3. The molecule has 0 atom stereocenters. The quantitative estimate of drug-likeness (QED) is 0.420. The average Bonchev–Trinajstić information content (AvgIpc) is 2.74. The van der Waals surface area contributed by atoms with Gasteiger partial charge in [0.2, 0.25) is 16.0 Å². The van der Waals surface area contributed by atoms with Crippen molar-refractivity contribution in [3.8, 4) is 0 Å². The number of rotatable bonds is 7. The van der Waals surface area contributed by atoms with E-state index in [2.05, 4.69) is 25.6 Å². The van der Waals surface area contributed by atoms with Crippen LogP contribution in [0.3, 0.4) is 0 Å². The van der Waals surface area contributed by atoms with Crippen molar-refractivity contribution >= 4 is 32.6 Å². The molecule has 0 fully saturated rings. The second kappa shape index (κ2) is 8.54. The largest absolute Gasteiger partial charge is 0.324 e. The Morgan fingerprint density at radius 1 is 0.933 bits per heavy atom. The molecular weight excluding hydrogens is 400 g/mol. The summed E-state index contributed by atoms with van der Waals surface area (Å²) >= 11 is 0. The Balaban J connectivity index is 1.52. The summed E-state index contributed by atoms with van der Waals surface area (Å²) in [5, 5.41) is 12.6. The number of primary sulfonamides is 1. The van der Waals surface area contributed by atoms with Gasteiger partial charge in [0.25, 0.3) is 0 Å². The minimum Gasteiger partial charge on any atom is -0.324 e. The molecule has 0 spiro atoms. The Labute approximate surface area is 174 Å². The molecule has 4 N–H and O–H groups in total. The molecule has 0 aliphatic heterocycles. The number of hydrogen-bond acceptors (Lipinski definition) is 7. The third kappa shape index (κ3) is 4.77. The fraction of sp³-hybridized carbons (Fsp3) is 0.0952. The number of para-hydroxylation sites is 1. The van der Waals surface area contributed by atoms with Crippen LogP contribution in [0.4, 0.5) is 11.6 Å². The van der Waals surface area contributed by atoms with Crippen LogP contribution in [-0.2, 0) is 23.1 Å². The van der Waals surface area contributed by atoms with Crippen LogP contribution in [0.5, 0.6) is 0 Å². The molecule has 2 aromatic carbocycles. The van der Waals surface area contributed by atoms with Gasteiger partial charge >= 0.3 is 0 Å². The van der Waals surface area contributed by atoms with Crippen molar-refractivity contribution < 1.29 is 8.42 Å². The van der Waals surface area contributed by atoms with Crippen LogP contribution < -0.4 is 15.8 Å². The summed E-state index contributed by atoms with van der Waals surface area (Å²) in [6.07, 6.45) is 5.34. The van der Waals surface area contributed by atoms with E-state index in [4.69, 9.17) is 5.14 Å². The molecule has 9 heteroatoms. The topological polar surface area (TPSA) is 123 Å². The number of fused-ring (bicyclic) bond motifs is 1. The molecule has 0 unspecified atom stereocenters. The molecule has 0 saturated carbocycles. The van der Waals surface area contributed by atoms with E-state index >= 15 is 0 Å². The van der Waals surface area contributed by atoms with E-state index in [1.807, 2.05) is 36.5 Å². The second-order valence-electron chi connectivity index (χ2n) is 6.71. The van der Waals surface area contributed by atoms with Gasteiger partial charge in [-0.25, -0.2) is 23.5 Å². The van der Waals surface area contributed by atoms with Crippen LogP contribution in [0.1, 0.15) is 11.1 Å². The van der Waals surface area contributed by atoms with Gasteiger partial charge in [-0.05, 0) is 41.5 Å². The van der Waals surface area contributed by atoms with Crippen LogP contribution in [0.25, 0.3) is 10.9 Å². The first-order valence-corrected chi connectivity index (χ1v) is 10.8. The van der Waals surface area contributed by atoms with E-state index < -0.39 is 10.0 Å². The zero-order chi connectivity index (χ0) is 21.0. The third-order valence-corrected chi connectivity index (χ3v) is 5.43. The van der Waals surface area contributed by atoms with E-state index in [1.165, 1.54) is 12.1 Å². The number of sulfonamides is 1. The summed E-state index contributed by atoms with van der Waals surface area (Å²) in [4.78, 5) is 13.2. The van der Waals surface area contributed by atoms with Gasteiger partial charge in [-0.2, -0.15) is 0 Å². The van der Waals surface area contributed by atoms with Crippen molar-refractivity contribution in [1.29, 1.82) is 0 Å². The van der Waals surface area contributed by atoms with Gasteiger partial charge in [0.1, 0.15) is 0 Å². The van der Waals surface area contributed by atoms with Crippen molar-refractivity contribution in [2.45, 2.75) is 18.0 Å². The number of pyridine rings is 1. The highest BCUT2D eigenvalue weighted by Gasteiger charge is 2.09. The maximum atomic E-state index is 11.4. The van der Waals surface area contributed by atoms with Crippen molar-refractivity contribution in [1.82, 2.24) is 20.3 Å². The predicted octanol–water partition coefficient (Wildman–Crippen LogP) is 2.71. The van der Waals surface area contributed by atoms with Crippen molar-refractivity contribution in [3.63, 3.8) is 0 Å². The van der Waals surface area contributed by atoms with Gasteiger partial charge in [0.15, 0.2) is 0 Å².